The Morgan fingerprint density at radius 3 is 3.00 bits per heavy atom. The third-order valence-corrected chi connectivity index (χ3v) is 4.79. The lowest BCUT2D eigenvalue weighted by Crippen LogP contribution is -2.48. The highest BCUT2D eigenvalue weighted by molar-refractivity contribution is 5.38. The van der Waals surface area contributed by atoms with Crippen molar-refractivity contribution >= 4 is 5.95 Å². The van der Waals surface area contributed by atoms with E-state index in [4.69, 9.17) is 9.26 Å². The Bertz CT molecular complexity index is 695. The van der Waals surface area contributed by atoms with Gasteiger partial charge in [0.15, 0.2) is 0 Å². The second kappa shape index (κ2) is 5.62. The second-order valence-corrected chi connectivity index (χ2v) is 6.59. The second-order valence-electron chi connectivity index (χ2n) is 6.59. The first-order valence-electron chi connectivity index (χ1n) is 8.11. The summed E-state index contributed by atoms with van der Waals surface area (Å²) in [4.78, 5) is 8.64. The number of aromatic nitrogens is 2. The van der Waals surface area contributed by atoms with E-state index in [1.165, 1.54) is 11.1 Å². The zero-order valence-electron chi connectivity index (χ0n) is 13.7. The lowest BCUT2D eigenvalue weighted by Gasteiger charge is -2.40. The van der Waals surface area contributed by atoms with Gasteiger partial charge in [-0.3, -0.25) is 4.90 Å². The molecule has 0 radical (unpaired) electrons. The summed E-state index contributed by atoms with van der Waals surface area (Å²) < 4.78 is 11.6. The summed E-state index contributed by atoms with van der Waals surface area (Å²) in [6, 6.07) is 8.64. The molecule has 1 aromatic heterocycles. The molecule has 4 rings (SSSR count). The van der Waals surface area contributed by atoms with Crippen LogP contribution in [-0.4, -0.2) is 48.8 Å². The van der Waals surface area contributed by atoms with E-state index in [9.17, 15) is 0 Å². The number of aryl methyl sites for hydroxylation is 1. The van der Waals surface area contributed by atoms with E-state index in [0.29, 0.717) is 18.4 Å². The van der Waals surface area contributed by atoms with Crippen LogP contribution in [0.15, 0.2) is 28.8 Å². The monoisotopic (exact) mass is 314 g/mol. The number of benzene rings is 1. The summed E-state index contributed by atoms with van der Waals surface area (Å²) in [5, 5.41) is 3.99. The highest BCUT2D eigenvalue weighted by atomic mass is 16.5. The van der Waals surface area contributed by atoms with Crippen LogP contribution in [0.4, 0.5) is 5.95 Å². The number of fused-ring (bicyclic) bond motifs is 2. The average molecular weight is 314 g/mol. The van der Waals surface area contributed by atoms with Crippen molar-refractivity contribution in [3.8, 4) is 0 Å². The summed E-state index contributed by atoms with van der Waals surface area (Å²) in [5.41, 5.74) is 2.60. The molecule has 23 heavy (non-hydrogen) atoms. The van der Waals surface area contributed by atoms with Crippen molar-refractivity contribution in [1.29, 1.82) is 0 Å². The van der Waals surface area contributed by atoms with Gasteiger partial charge in [0.2, 0.25) is 5.89 Å². The van der Waals surface area contributed by atoms with Gasteiger partial charge in [-0.15, -0.1) is 0 Å². The first-order valence-corrected chi connectivity index (χ1v) is 8.11. The standard InChI is InChI=1S/C17H22N4O2/c1-20(2)16-18-15(23-19-16)11-21-9-10-22-17(12-21)8-7-13-5-3-4-6-14(13)17/h3-6H,7-12H2,1-2H3/t17-/m1/s1. The molecular weight excluding hydrogens is 292 g/mol. The fourth-order valence-electron chi connectivity index (χ4n) is 3.64. The lowest BCUT2D eigenvalue weighted by molar-refractivity contribution is -0.117. The number of nitrogens with zero attached hydrogens (tertiary/aromatic N) is 4. The zero-order chi connectivity index (χ0) is 15.9. The van der Waals surface area contributed by atoms with Gasteiger partial charge in [-0.05, 0) is 29.1 Å². The van der Waals surface area contributed by atoms with E-state index >= 15 is 0 Å². The first-order chi connectivity index (χ1) is 11.2. The molecule has 1 aromatic carbocycles. The quantitative estimate of drug-likeness (QED) is 0.861. The van der Waals surface area contributed by atoms with Crippen LogP contribution in [0.3, 0.4) is 0 Å². The molecule has 1 aliphatic carbocycles. The Hall–Kier alpha value is -1.92. The Morgan fingerprint density at radius 1 is 1.30 bits per heavy atom. The molecule has 6 heteroatoms. The molecule has 1 atom stereocenters. The zero-order valence-corrected chi connectivity index (χ0v) is 13.7. The SMILES string of the molecule is CN(C)c1noc(CN2CCO[C@]3(CCc4ccccc43)C2)n1. The van der Waals surface area contributed by atoms with E-state index in [1.54, 1.807) is 0 Å². The van der Waals surface area contributed by atoms with Gasteiger partial charge in [0.05, 0.1) is 13.2 Å². The molecule has 1 saturated heterocycles. The summed E-state index contributed by atoms with van der Waals surface area (Å²) in [5.74, 6) is 1.28. The first kappa shape index (κ1) is 14.7. The van der Waals surface area contributed by atoms with E-state index in [-0.39, 0.29) is 5.60 Å². The maximum absolute atomic E-state index is 6.25. The predicted octanol–water partition coefficient (Wildman–Crippen LogP) is 1.81. The summed E-state index contributed by atoms with van der Waals surface area (Å²) in [7, 11) is 3.82. The largest absolute Gasteiger partial charge is 0.368 e. The Balaban J connectivity index is 1.51. The summed E-state index contributed by atoms with van der Waals surface area (Å²) in [6.07, 6.45) is 2.14. The fraction of sp³-hybridized carbons (Fsp3) is 0.529. The van der Waals surface area contributed by atoms with Gasteiger partial charge in [-0.25, -0.2) is 0 Å². The Labute approximate surface area is 136 Å². The highest BCUT2D eigenvalue weighted by Gasteiger charge is 2.43. The van der Waals surface area contributed by atoms with Crippen molar-refractivity contribution in [3.05, 3.63) is 41.3 Å². The minimum Gasteiger partial charge on any atom is -0.368 e. The maximum atomic E-state index is 6.25. The van der Waals surface area contributed by atoms with Crippen LogP contribution < -0.4 is 4.90 Å². The van der Waals surface area contributed by atoms with Crippen molar-refractivity contribution in [2.24, 2.45) is 0 Å². The molecule has 1 aliphatic heterocycles. The number of anilines is 1. The van der Waals surface area contributed by atoms with Gasteiger partial charge in [0.25, 0.3) is 5.95 Å². The molecule has 122 valence electrons. The molecule has 0 N–H and O–H groups in total. The van der Waals surface area contributed by atoms with E-state index < -0.39 is 0 Å². The molecular formula is C17H22N4O2. The maximum Gasteiger partial charge on any atom is 0.265 e. The van der Waals surface area contributed by atoms with Crippen molar-refractivity contribution in [1.82, 2.24) is 15.0 Å². The average Bonchev–Trinajstić information content (AvgIpc) is 3.14. The number of hydrogen-bond donors (Lipinski definition) is 0. The minimum absolute atomic E-state index is 0.167. The third kappa shape index (κ3) is 2.62. The van der Waals surface area contributed by atoms with E-state index in [1.807, 2.05) is 19.0 Å². The molecule has 2 aromatic rings. The third-order valence-electron chi connectivity index (χ3n) is 4.79. The van der Waals surface area contributed by atoms with Crippen molar-refractivity contribution in [2.45, 2.75) is 25.0 Å². The van der Waals surface area contributed by atoms with E-state index in [2.05, 4.69) is 39.3 Å². The number of rotatable bonds is 3. The topological polar surface area (TPSA) is 54.6 Å². The Morgan fingerprint density at radius 2 is 2.17 bits per heavy atom. The molecule has 0 amide bonds. The highest BCUT2D eigenvalue weighted by Crippen LogP contribution is 2.42. The molecule has 6 nitrogen and oxygen atoms in total. The summed E-state index contributed by atoms with van der Waals surface area (Å²) >= 11 is 0. The van der Waals surface area contributed by atoms with Gasteiger partial charge < -0.3 is 14.2 Å². The number of morpholine rings is 1. The van der Waals surface area contributed by atoms with Crippen LogP contribution in [0.1, 0.15) is 23.4 Å². The number of ether oxygens (including phenoxy) is 1. The van der Waals surface area contributed by atoms with Crippen LogP contribution >= 0.6 is 0 Å². The molecule has 0 unspecified atom stereocenters. The normalized spacial score (nSPS) is 24.1. The van der Waals surface area contributed by atoms with Crippen molar-refractivity contribution < 1.29 is 9.26 Å². The predicted molar refractivity (Wildman–Crippen MR) is 86.3 cm³/mol. The van der Waals surface area contributed by atoms with Crippen LogP contribution in [0, 0.1) is 0 Å². The van der Waals surface area contributed by atoms with E-state index in [0.717, 1.165) is 32.5 Å². The van der Waals surface area contributed by atoms with Crippen LogP contribution in [0.5, 0.6) is 0 Å². The molecule has 0 saturated carbocycles. The van der Waals surface area contributed by atoms with Crippen LogP contribution in [0.2, 0.25) is 0 Å². The Kier molecular flexibility index (Phi) is 3.58. The van der Waals surface area contributed by atoms with Gasteiger partial charge >= 0.3 is 0 Å². The van der Waals surface area contributed by atoms with Gasteiger partial charge in [0.1, 0.15) is 5.60 Å². The van der Waals surface area contributed by atoms with Gasteiger partial charge in [0, 0.05) is 27.2 Å². The van der Waals surface area contributed by atoms with Crippen LogP contribution in [0.25, 0.3) is 0 Å². The molecule has 2 heterocycles. The number of hydrogen-bond acceptors (Lipinski definition) is 6. The molecule has 1 fully saturated rings. The molecule has 1 spiro atoms. The minimum atomic E-state index is -0.167. The van der Waals surface area contributed by atoms with Crippen LogP contribution in [-0.2, 0) is 23.3 Å². The smallest absolute Gasteiger partial charge is 0.265 e. The molecule has 2 aliphatic rings. The van der Waals surface area contributed by atoms with Crippen molar-refractivity contribution in [3.63, 3.8) is 0 Å². The van der Waals surface area contributed by atoms with Gasteiger partial charge in [-0.2, -0.15) is 4.98 Å². The van der Waals surface area contributed by atoms with Crippen molar-refractivity contribution in [2.75, 3.05) is 38.7 Å². The summed E-state index contributed by atoms with van der Waals surface area (Å²) in [6.45, 7) is 3.18. The van der Waals surface area contributed by atoms with Gasteiger partial charge in [-0.1, -0.05) is 24.3 Å². The fourth-order valence-corrected chi connectivity index (χ4v) is 3.64. The lowest BCUT2D eigenvalue weighted by atomic mass is 9.93. The molecule has 0 bridgehead atoms.